The largest absolute Gasteiger partial charge is 0.351 e. The monoisotopic (exact) mass is 283 g/mol. The zero-order valence-electron chi connectivity index (χ0n) is 11.3. The molecule has 1 heterocycles. The molecular formula is C14H22ClN3O. The molecule has 0 radical (unpaired) electrons. The molecule has 1 aromatic carbocycles. The van der Waals surface area contributed by atoms with Gasteiger partial charge in [-0.15, -0.1) is 12.4 Å². The van der Waals surface area contributed by atoms with Crippen LogP contribution < -0.4 is 10.6 Å². The fraction of sp³-hybridized carbons (Fsp3) is 0.500. The molecule has 5 heteroatoms. The van der Waals surface area contributed by atoms with Crippen molar-refractivity contribution >= 4 is 18.3 Å². The van der Waals surface area contributed by atoms with E-state index in [0.717, 1.165) is 38.3 Å². The number of halogens is 1. The van der Waals surface area contributed by atoms with E-state index in [0.29, 0.717) is 6.54 Å². The summed E-state index contributed by atoms with van der Waals surface area (Å²) in [5.74, 6) is 0.0186. The molecule has 0 saturated carbocycles. The van der Waals surface area contributed by atoms with Crippen LogP contribution in [0.5, 0.6) is 0 Å². The maximum Gasteiger partial charge on any atom is 0.251 e. The first-order valence-electron chi connectivity index (χ1n) is 6.53. The highest BCUT2D eigenvalue weighted by molar-refractivity contribution is 5.94. The summed E-state index contributed by atoms with van der Waals surface area (Å²) < 4.78 is 0. The molecule has 2 rings (SSSR count). The number of piperazine rings is 1. The summed E-state index contributed by atoms with van der Waals surface area (Å²) in [6.07, 6.45) is 0. The zero-order valence-corrected chi connectivity index (χ0v) is 12.1. The highest BCUT2D eigenvalue weighted by Gasteiger charge is 2.09. The van der Waals surface area contributed by atoms with Crippen molar-refractivity contribution in [1.82, 2.24) is 15.5 Å². The first-order valence-corrected chi connectivity index (χ1v) is 6.53. The van der Waals surface area contributed by atoms with Crippen LogP contribution in [0.4, 0.5) is 0 Å². The lowest BCUT2D eigenvalue weighted by Crippen LogP contribution is -2.46. The summed E-state index contributed by atoms with van der Waals surface area (Å²) >= 11 is 0. The summed E-state index contributed by atoms with van der Waals surface area (Å²) in [6.45, 7) is 7.90. The number of nitrogens with zero attached hydrogens (tertiary/aromatic N) is 1. The van der Waals surface area contributed by atoms with Crippen LogP contribution >= 0.6 is 12.4 Å². The second-order valence-corrected chi connectivity index (χ2v) is 4.71. The number of amides is 1. The Morgan fingerprint density at radius 1 is 1.26 bits per heavy atom. The van der Waals surface area contributed by atoms with Crippen LogP contribution in [0, 0.1) is 6.92 Å². The molecular weight excluding hydrogens is 262 g/mol. The van der Waals surface area contributed by atoms with Gasteiger partial charge in [0.05, 0.1) is 0 Å². The first kappa shape index (κ1) is 16.0. The smallest absolute Gasteiger partial charge is 0.251 e. The fourth-order valence-electron chi connectivity index (χ4n) is 2.07. The van der Waals surface area contributed by atoms with Gasteiger partial charge in [-0.1, -0.05) is 17.7 Å². The third-order valence-corrected chi connectivity index (χ3v) is 3.24. The highest BCUT2D eigenvalue weighted by atomic mass is 35.5. The normalized spacial score (nSPS) is 15.6. The molecule has 1 fully saturated rings. The van der Waals surface area contributed by atoms with Gasteiger partial charge in [0.15, 0.2) is 0 Å². The molecule has 0 atom stereocenters. The number of nitrogens with one attached hydrogen (secondary N) is 2. The van der Waals surface area contributed by atoms with Gasteiger partial charge in [-0.05, 0) is 19.1 Å². The van der Waals surface area contributed by atoms with Gasteiger partial charge in [-0.3, -0.25) is 9.69 Å². The van der Waals surface area contributed by atoms with E-state index < -0.39 is 0 Å². The van der Waals surface area contributed by atoms with E-state index in [4.69, 9.17) is 0 Å². The summed E-state index contributed by atoms with van der Waals surface area (Å²) in [7, 11) is 0. The van der Waals surface area contributed by atoms with Crippen molar-refractivity contribution in [2.75, 3.05) is 39.3 Å². The Hall–Kier alpha value is -1.10. The number of hydrogen-bond donors (Lipinski definition) is 2. The maximum absolute atomic E-state index is 11.9. The maximum atomic E-state index is 11.9. The van der Waals surface area contributed by atoms with Gasteiger partial charge in [-0.25, -0.2) is 0 Å². The third-order valence-electron chi connectivity index (χ3n) is 3.24. The summed E-state index contributed by atoms with van der Waals surface area (Å²) in [6, 6.07) is 7.67. The van der Waals surface area contributed by atoms with E-state index in [9.17, 15) is 4.79 Å². The minimum Gasteiger partial charge on any atom is -0.351 e. The van der Waals surface area contributed by atoms with Crippen molar-refractivity contribution in [1.29, 1.82) is 0 Å². The van der Waals surface area contributed by atoms with Crippen LogP contribution in [-0.2, 0) is 0 Å². The second-order valence-electron chi connectivity index (χ2n) is 4.71. The van der Waals surface area contributed by atoms with Gasteiger partial charge in [-0.2, -0.15) is 0 Å². The minimum absolute atomic E-state index is 0. The standard InChI is InChI=1S/C14H21N3O.ClH/c1-12-2-4-13(5-3-12)14(18)16-8-11-17-9-6-15-7-10-17;/h2-5,15H,6-11H2,1H3,(H,16,18);1H. The number of rotatable bonds is 4. The van der Waals surface area contributed by atoms with Crippen molar-refractivity contribution in [2.24, 2.45) is 0 Å². The fourth-order valence-corrected chi connectivity index (χ4v) is 2.07. The van der Waals surface area contributed by atoms with Crippen LogP contribution in [0.1, 0.15) is 15.9 Å². The summed E-state index contributed by atoms with van der Waals surface area (Å²) in [4.78, 5) is 14.2. The Balaban J connectivity index is 0.00000180. The van der Waals surface area contributed by atoms with Gasteiger partial charge in [0.1, 0.15) is 0 Å². The lowest BCUT2D eigenvalue weighted by Gasteiger charge is -2.27. The molecule has 19 heavy (non-hydrogen) atoms. The van der Waals surface area contributed by atoms with Crippen LogP contribution in [0.2, 0.25) is 0 Å². The Morgan fingerprint density at radius 3 is 2.53 bits per heavy atom. The summed E-state index contributed by atoms with van der Waals surface area (Å²) in [5.41, 5.74) is 1.91. The van der Waals surface area contributed by atoms with E-state index in [1.165, 1.54) is 5.56 Å². The molecule has 1 aromatic rings. The quantitative estimate of drug-likeness (QED) is 0.868. The van der Waals surface area contributed by atoms with Crippen LogP contribution in [0.15, 0.2) is 24.3 Å². The van der Waals surface area contributed by atoms with Crippen molar-refractivity contribution in [3.63, 3.8) is 0 Å². The van der Waals surface area contributed by atoms with E-state index in [1.807, 2.05) is 31.2 Å². The lowest BCUT2D eigenvalue weighted by atomic mass is 10.1. The molecule has 0 aliphatic carbocycles. The predicted octanol–water partition coefficient (Wildman–Crippen LogP) is 1.05. The molecule has 0 unspecified atom stereocenters. The molecule has 1 amide bonds. The summed E-state index contributed by atoms with van der Waals surface area (Å²) in [5, 5.41) is 6.28. The third kappa shape index (κ3) is 5.19. The number of carbonyl (C=O) groups is 1. The van der Waals surface area contributed by atoms with Gasteiger partial charge in [0.25, 0.3) is 5.91 Å². The van der Waals surface area contributed by atoms with Crippen molar-refractivity contribution in [3.05, 3.63) is 35.4 Å². The van der Waals surface area contributed by atoms with Crippen molar-refractivity contribution in [2.45, 2.75) is 6.92 Å². The number of hydrogen-bond acceptors (Lipinski definition) is 3. The van der Waals surface area contributed by atoms with Crippen LogP contribution in [0.3, 0.4) is 0 Å². The number of benzene rings is 1. The topological polar surface area (TPSA) is 44.4 Å². The Morgan fingerprint density at radius 2 is 1.89 bits per heavy atom. The molecule has 0 spiro atoms. The lowest BCUT2D eigenvalue weighted by molar-refractivity contribution is 0.0947. The molecule has 1 saturated heterocycles. The number of aryl methyl sites for hydroxylation is 1. The molecule has 0 aromatic heterocycles. The Bertz CT molecular complexity index is 388. The van der Waals surface area contributed by atoms with Crippen molar-refractivity contribution < 1.29 is 4.79 Å². The molecule has 106 valence electrons. The van der Waals surface area contributed by atoms with E-state index in [2.05, 4.69) is 15.5 Å². The molecule has 1 aliphatic heterocycles. The van der Waals surface area contributed by atoms with Crippen LogP contribution in [-0.4, -0.2) is 50.1 Å². The Labute approximate surface area is 121 Å². The average molecular weight is 284 g/mol. The molecule has 0 bridgehead atoms. The minimum atomic E-state index is 0. The Kier molecular flexibility index (Phi) is 6.84. The van der Waals surface area contributed by atoms with Crippen LogP contribution in [0.25, 0.3) is 0 Å². The SMILES string of the molecule is Cc1ccc(C(=O)NCCN2CCNCC2)cc1.Cl. The zero-order chi connectivity index (χ0) is 12.8. The van der Waals surface area contributed by atoms with Crippen molar-refractivity contribution in [3.8, 4) is 0 Å². The second kappa shape index (κ2) is 8.15. The van der Waals surface area contributed by atoms with Gasteiger partial charge < -0.3 is 10.6 Å². The van der Waals surface area contributed by atoms with Gasteiger partial charge >= 0.3 is 0 Å². The highest BCUT2D eigenvalue weighted by Crippen LogP contribution is 2.02. The van der Waals surface area contributed by atoms with E-state index in [-0.39, 0.29) is 18.3 Å². The number of carbonyl (C=O) groups excluding carboxylic acids is 1. The van der Waals surface area contributed by atoms with E-state index >= 15 is 0 Å². The van der Waals surface area contributed by atoms with E-state index in [1.54, 1.807) is 0 Å². The average Bonchev–Trinajstić information content (AvgIpc) is 2.40. The molecule has 4 nitrogen and oxygen atoms in total. The molecule has 1 aliphatic rings. The molecule has 2 N–H and O–H groups in total. The van der Waals surface area contributed by atoms with Gasteiger partial charge in [0, 0.05) is 44.8 Å². The van der Waals surface area contributed by atoms with Gasteiger partial charge in [0.2, 0.25) is 0 Å². The first-order chi connectivity index (χ1) is 8.75. The predicted molar refractivity (Wildman–Crippen MR) is 80.1 cm³/mol.